The summed E-state index contributed by atoms with van der Waals surface area (Å²) >= 11 is 6.26. The van der Waals surface area contributed by atoms with Gasteiger partial charge in [-0.2, -0.15) is 4.52 Å². The summed E-state index contributed by atoms with van der Waals surface area (Å²) in [6.07, 6.45) is 1.99. The number of nitrogens with zero attached hydrogens (tertiary/aromatic N) is 5. The molecule has 24 heavy (non-hydrogen) atoms. The van der Waals surface area contributed by atoms with Gasteiger partial charge in [0.25, 0.3) is 0 Å². The molecule has 4 rings (SSSR count). The Balaban J connectivity index is 1.64. The van der Waals surface area contributed by atoms with Gasteiger partial charge in [0.2, 0.25) is 0 Å². The Kier molecular flexibility index (Phi) is 4.08. The largest absolute Gasteiger partial charge is 0.370 e. The molecule has 0 N–H and O–H groups in total. The molecule has 1 fully saturated rings. The highest BCUT2D eigenvalue weighted by molar-refractivity contribution is 6.31. The van der Waals surface area contributed by atoms with Gasteiger partial charge in [0.1, 0.15) is 11.9 Å². The van der Waals surface area contributed by atoms with Crippen LogP contribution in [-0.2, 0) is 11.3 Å². The maximum atomic E-state index is 6.26. The molecular weight excluding hydrogens is 326 g/mol. The monoisotopic (exact) mass is 343 g/mol. The molecule has 0 saturated carbocycles. The van der Waals surface area contributed by atoms with Crippen LogP contribution in [-0.4, -0.2) is 33.5 Å². The lowest BCUT2D eigenvalue weighted by atomic mass is 10.2. The molecule has 0 radical (unpaired) electrons. The number of aromatic nitrogens is 4. The fourth-order valence-corrected chi connectivity index (χ4v) is 3.14. The molecule has 1 aliphatic rings. The smallest absolute Gasteiger partial charge is 0.183 e. The van der Waals surface area contributed by atoms with Gasteiger partial charge in [-0.05, 0) is 36.6 Å². The first kappa shape index (κ1) is 15.4. The highest BCUT2D eigenvalue weighted by Crippen LogP contribution is 2.27. The SMILES string of the molecule is CN(Cc1ccccc1Cl)c1ccc2nnc([C@@H]3CCCO3)n2n1. The third-order valence-corrected chi connectivity index (χ3v) is 4.62. The van der Waals surface area contributed by atoms with Crippen LogP contribution < -0.4 is 4.90 Å². The number of ether oxygens (including phenoxy) is 1. The van der Waals surface area contributed by atoms with Gasteiger partial charge in [-0.15, -0.1) is 15.3 Å². The average molecular weight is 344 g/mol. The topological polar surface area (TPSA) is 55.5 Å². The first-order chi connectivity index (χ1) is 11.7. The zero-order valence-electron chi connectivity index (χ0n) is 13.4. The second-order valence-corrected chi connectivity index (χ2v) is 6.38. The van der Waals surface area contributed by atoms with E-state index in [0.717, 1.165) is 47.3 Å². The van der Waals surface area contributed by atoms with Crippen LogP contribution in [0.25, 0.3) is 5.65 Å². The zero-order chi connectivity index (χ0) is 16.5. The summed E-state index contributed by atoms with van der Waals surface area (Å²) in [5.41, 5.74) is 1.79. The summed E-state index contributed by atoms with van der Waals surface area (Å²) in [5, 5.41) is 13.9. The highest BCUT2D eigenvalue weighted by Gasteiger charge is 2.24. The number of fused-ring (bicyclic) bond motifs is 1. The van der Waals surface area contributed by atoms with E-state index in [4.69, 9.17) is 21.4 Å². The van der Waals surface area contributed by atoms with E-state index in [1.807, 2.05) is 43.4 Å². The van der Waals surface area contributed by atoms with Crippen LogP contribution in [0.5, 0.6) is 0 Å². The standard InChI is InChI=1S/C17H18ClN5O/c1-22(11-12-5-2-3-6-13(12)18)16-9-8-15-19-20-17(23(15)21-16)14-7-4-10-24-14/h2-3,5-6,8-9,14H,4,7,10-11H2,1H3/t14-/m0/s1. The Morgan fingerprint density at radius 3 is 2.92 bits per heavy atom. The summed E-state index contributed by atoms with van der Waals surface area (Å²) in [5.74, 6) is 1.61. The van der Waals surface area contributed by atoms with Gasteiger partial charge in [0.15, 0.2) is 11.5 Å². The van der Waals surface area contributed by atoms with Gasteiger partial charge < -0.3 is 9.64 Å². The molecule has 124 valence electrons. The number of halogens is 1. The zero-order valence-corrected chi connectivity index (χ0v) is 14.1. The summed E-state index contributed by atoms with van der Waals surface area (Å²) in [6, 6.07) is 11.7. The molecule has 0 amide bonds. The number of rotatable bonds is 4. The van der Waals surface area contributed by atoms with Crippen LogP contribution in [0.3, 0.4) is 0 Å². The molecule has 0 spiro atoms. The number of benzene rings is 1. The quantitative estimate of drug-likeness (QED) is 0.727. The van der Waals surface area contributed by atoms with E-state index < -0.39 is 0 Å². The molecule has 1 aromatic carbocycles. The van der Waals surface area contributed by atoms with Gasteiger partial charge in [-0.3, -0.25) is 0 Å². The third-order valence-electron chi connectivity index (χ3n) is 4.25. The maximum absolute atomic E-state index is 6.26. The predicted octanol–water partition coefficient (Wildman–Crippen LogP) is 3.27. The first-order valence-electron chi connectivity index (χ1n) is 8.01. The molecule has 1 aliphatic heterocycles. The Bertz CT molecular complexity index is 859. The molecular formula is C17H18ClN5O. The molecule has 7 heteroatoms. The Morgan fingerprint density at radius 2 is 2.12 bits per heavy atom. The average Bonchev–Trinajstić information content (AvgIpc) is 3.25. The van der Waals surface area contributed by atoms with Crippen molar-refractivity contribution in [3.63, 3.8) is 0 Å². The highest BCUT2D eigenvalue weighted by atomic mass is 35.5. The minimum absolute atomic E-state index is 0.0170. The van der Waals surface area contributed by atoms with E-state index in [0.29, 0.717) is 6.54 Å². The Hall–Kier alpha value is -2.18. The predicted molar refractivity (Wildman–Crippen MR) is 92.3 cm³/mol. The van der Waals surface area contributed by atoms with E-state index in [-0.39, 0.29) is 6.10 Å². The maximum Gasteiger partial charge on any atom is 0.183 e. The number of hydrogen-bond donors (Lipinski definition) is 0. The van der Waals surface area contributed by atoms with E-state index in [9.17, 15) is 0 Å². The van der Waals surface area contributed by atoms with Crippen LogP contribution in [0.15, 0.2) is 36.4 Å². The second-order valence-electron chi connectivity index (χ2n) is 5.97. The van der Waals surface area contributed by atoms with Crippen LogP contribution in [0.4, 0.5) is 5.82 Å². The van der Waals surface area contributed by atoms with E-state index in [1.165, 1.54) is 0 Å². The third kappa shape index (κ3) is 2.83. The lowest BCUT2D eigenvalue weighted by Gasteiger charge is -2.19. The van der Waals surface area contributed by atoms with Crippen molar-refractivity contribution in [1.82, 2.24) is 19.8 Å². The van der Waals surface area contributed by atoms with Crippen molar-refractivity contribution >= 4 is 23.1 Å². The molecule has 1 saturated heterocycles. The lowest BCUT2D eigenvalue weighted by molar-refractivity contribution is 0.103. The summed E-state index contributed by atoms with van der Waals surface area (Å²) in [4.78, 5) is 2.06. The fraction of sp³-hybridized carbons (Fsp3) is 0.353. The van der Waals surface area contributed by atoms with Crippen molar-refractivity contribution < 1.29 is 4.74 Å². The summed E-state index contributed by atoms with van der Waals surface area (Å²) < 4.78 is 7.51. The van der Waals surface area contributed by atoms with E-state index in [2.05, 4.69) is 15.1 Å². The number of anilines is 1. The van der Waals surface area contributed by atoms with Crippen molar-refractivity contribution in [2.45, 2.75) is 25.5 Å². The summed E-state index contributed by atoms with van der Waals surface area (Å²) in [6.45, 7) is 1.45. The molecule has 6 nitrogen and oxygen atoms in total. The van der Waals surface area contributed by atoms with Crippen molar-refractivity contribution in [2.24, 2.45) is 0 Å². The molecule has 1 atom stereocenters. The van der Waals surface area contributed by atoms with Crippen LogP contribution in [0, 0.1) is 0 Å². The Morgan fingerprint density at radius 1 is 1.25 bits per heavy atom. The molecule has 0 bridgehead atoms. The number of hydrogen-bond acceptors (Lipinski definition) is 5. The van der Waals surface area contributed by atoms with Gasteiger partial charge in [0.05, 0.1) is 0 Å². The van der Waals surface area contributed by atoms with Crippen molar-refractivity contribution in [3.05, 3.63) is 52.8 Å². The molecule has 0 aliphatic carbocycles. The lowest BCUT2D eigenvalue weighted by Crippen LogP contribution is -2.19. The second kappa shape index (κ2) is 6.37. The summed E-state index contributed by atoms with van der Waals surface area (Å²) in [7, 11) is 1.99. The van der Waals surface area contributed by atoms with Crippen LogP contribution in [0.1, 0.15) is 30.3 Å². The van der Waals surface area contributed by atoms with Crippen molar-refractivity contribution in [2.75, 3.05) is 18.6 Å². The van der Waals surface area contributed by atoms with Gasteiger partial charge in [-0.25, -0.2) is 0 Å². The molecule has 3 aromatic rings. The van der Waals surface area contributed by atoms with E-state index in [1.54, 1.807) is 4.52 Å². The van der Waals surface area contributed by atoms with Crippen LogP contribution >= 0.6 is 11.6 Å². The fourth-order valence-electron chi connectivity index (χ4n) is 2.94. The van der Waals surface area contributed by atoms with Crippen molar-refractivity contribution in [1.29, 1.82) is 0 Å². The van der Waals surface area contributed by atoms with Crippen LogP contribution in [0.2, 0.25) is 5.02 Å². The minimum atomic E-state index is -0.0170. The van der Waals surface area contributed by atoms with Crippen molar-refractivity contribution in [3.8, 4) is 0 Å². The van der Waals surface area contributed by atoms with Gasteiger partial charge in [0, 0.05) is 25.2 Å². The minimum Gasteiger partial charge on any atom is -0.370 e. The first-order valence-corrected chi connectivity index (χ1v) is 8.38. The Labute approximate surface area is 145 Å². The molecule has 3 heterocycles. The van der Waals surface area contributed by atoms with E-state index >= 15 is 0 Å². The molecule has 2 aromatic heterocycles. The van der Waals surface area contributed by atoms with Gasteiger partial charge in [-0.1, -0.05) is 29.8 Å². The normalized spacial score (nSPS) is 17.5. The molecule has 0 unspecified atom stereocenters. The van der Waals surface area contributed by atoms with Gasteiger partial charge >= 0.3 is 0 Å².